The molecule has 0 atom stereocenters. The maximum atomic E-state index is 12.4. The van der Waals surface area contributed by atoms with Crippen LogP contribution in [-0.4, -0.2) is 50.2 Å². The van der Waals surface area contributed by atoms with Gasteiger partial charge in [0.15, 0.2) is 9.50 Å². The Bertz CT molecular complexity index is 955. The van der Waals surface area contributed by atoms with Gasteiger partial charge in [-0.25, -0.2) is 4.98 Å². The fourth-order valence-corrected chi connectivity index (χ4v) is 4.30. The van der Waals surface area contributed by atoms with Gasteiger partial charge in [0.2, 0.25) is 5.13 Å². The predicted molar refractivity (Wildman–Crippen MR) is 111 cm³/mol. The largest absolute Gasteiger partial charge is 0.465 e. The van der Waals surface area contributed by atoms with Crippen molar-refractivity contribution < 1.29 is 14.3 Å². The Labute approximate surface area is 174 Å². The third kappa shape index (κ3) is 5.12. The summed E-state index contributed by atoms with van der Waals surface area (Å²) in [7, 11) is 0. The van der Waals surface area contributed by atoms with Crippen molar-refractivity contribution >= 4 is 51.9 Å². The summed E-state index contributed by atoms with van der Waals surface area (Å²) in [6.07, 6.45) is 5.57. The number of anilines is 1. The van der Waals surface area contributed by atoms with Gasteiger partial charge in [0.25, 0.3) is 5.91 Å². The Morgan fingerprint density at radius 1 is 1.25 bits per heavy atom. The molecule has 146 valence electrons. The second kappa shape index (κ2) is 9.71. The number of carbonyl (C=O) groups is 2. The number of thioether (sulfide) groups is 2. The van der Waals surface area contributed by atoms with E-state index in [0.29, 0.717) is 21.6 Å². The molecule has 1 aromatic carbocycles. The molecule has 1 amide bonds. The maximum absolute atomic E-state index is 12.4. The van der Waals surface area contributed by atoms with Gasteiger partial charge in [-0.05, 0) is 37.4 Å². The Hall–Kier alpha value is -2.37. The third-order valence-electron chi connectivity index (χ3n) is 3.44. The molecule has 8 nitrogen and oxygen atoms in total. The average molecular weight is 436 g/mol. The monoisotopic (exact) mass is 435 g/mol. The molecule has 3 aromatic rings. The van der Waals surface area contributed by atoms with E-state index in [1.807, 2.05) is 29.2 Å². The summed E-state index contributed by atoms with van der Waals surface area (Å²) < 4.78 is 7.40. The van der Waals surface area contributed by atoms with E-state index in [4.69, 9.17) is 4.74 Å². The van der Waals surface area contributed by atoms with Gasteiger partial charge in [-0.15, -0.1) is 10.2 Å². The van der Waals surface area contributed by atoms with Gasteiger partial charge in [0.05, 0.1) is 12.4 Å². The quantitative estimate of drug-likeness (QED) is 0.327. The van der Waals surface area contributed by atoms with E-state index >= 15 is 0 Å². The molecule has 2 heterocycles. The number of aromatic nitrogens is 4. The maximum Gasteiger partial charge on any atom is 0.316 e. The molecule has 0 saturated heterocycles. The number of rotatable bonds is 8. The van der Waals surface area contributed by atoms with Crippen molar-refractivity contribution in [3.8, 4) is 5.69 Å². The van der Waals surface area contributed by atoms with Crippen LogP contribution in [0.25, 0.3) is 5.69 Å². The van der Waals surface area contributed by atoms with Crippen LogP contribution in [0.15, 0.2) is 46.2 Å². The van der Waals surface area contributed by atoms with Gasteiger partial charge >= 0.3 is 5.97 Å². The number of hydrogen-bond donors (Lipinski definition) is 1. The SMILES string of the molecule is CCOC(=O)CSc1nnc(NC(=O)c2ccc(-n3ccnc3SC)cc2)s1. The van der Waals surface area contributed by atoms with E-state index in [0.717, 1.165) is 10.8 Å². The smallest absolute Gasteiger partial charge is 0.316 e. The zero-order valence-corrected chi connectivity index (χ0v) is 17.6. The number of benzene rings is 1. The molecular weight excluding hydrogens is 418 g/mol. The zero-order valence-electron chi connectivity index (χ0n) is 15.1. The second-order valence-corrected chi connectivity index (χ2v) is 8.23. The number of carbonyl (C=O) groups excluding carboxylic acids is 2. The van der Waals surface area contributed by atoms with Crippen LogP contribution in [0.2, 0.25) is 0 Å². The van der Waals surface area contributed by atoms with Crippen LogP contribution in [0.4, 0.5) is 5.13 Å². The number of amides is 1. The van der Waals surface area contributed by atoms with E-state index in [1.165, 1.54) is 23.1 Å². The number of nitrogens with one attached hydrogen (secondary N) is 1. The molecule has 0 aliphatic heterocycles. The van der Waals surface area contributed by atoms with Crippen LogP contribution in [0.5, 0.6) is 0 Å². The normalized spacial score (nSPS) is 10.6. The van der Waals surface area contributed by atoms with Gasteiger partial charge in [0.1, 0.15) is 0 Å². The molecule has 0 radical (unpaired) electrons. The lowest BCUT2D eigenvalue weighted by Gasteiger charge is -2.07. The van der Waals surface area contributed by atoms with Crippen molar-refractivity contribution in [1.29, 1.82) is 0 Å². The van der Waals surface area contributed by atoms with Crippen LogP contribution < -0.4 is 5.32 Å². The highest BCUT2D eigenvalue weighted by atomic mass is 32.2. The Kier molecular flexibility index (Phi) is 7.06. The molecular formula is C17H17N5O3S3. The molecule has 3 rings (SSSR count). The summed E-state index contributed by atoms with van der Waals surface area (Å²) in [5.74, 6) is -0.430. The van der Waals surface area contributed by atoms with E-state index in [-0.39, 0.29) is 17.6 Å². The van der Waals surface area contributed by atoms with Crippen molar-refractivity contribution in [2.45, 2.75) is 16.4 Å². The van der Waals surface area contributed by atoms with Crippen LogP contribution in [0.1, 0.15) is 17.3 Å². The molecule has 2 aromatic heterocycles. The zero-order chi connectivity index (χ0) is 19.9. The van der Waals surface area contributed by atoms with E-state index in [2.05, 4.69) is 20.5 Å². The summed E-state index contributed by atoms with van der Waals surface area (Å²) in [6, 6.07) is 7.20. The van der Waals surface area contributed by atoms with Gasteiger partial charge in [0, 0.05) is 23.6 Å². The van der Waals surface area contributed by atoms with Crippen LogP contribution in [-0.2, 0) is 9.53 Å². The number of imidazole rings is 1. The summed E-state index contributed by atoms with van der Waals surface area (Å²) in [5, 5.41) is 11.9. The van der Waals surface area contributed by atoms with Crippen LogP contribution >= 0.6 is 34.9 Å². The van der Waals surface area contributed by atoms with E-state index in [9.17, 15) is 9.59 Å². The van der Waals surface area contributed by atoms with Crippen LogP contribution in [0.3, 0.4) is 0 Å². The van der Waals surface area contributed by atoms with Crippen molar-refractivity contribution in [3.63, 3.8) is 0 Å². The highest BCUT2D eigenvalue weighted by molar-refractivity contribution is 8.01. The first-order valence-corrected chi connectivity index (χ1v) is 11.2. The number of hydrogen-bond acceptors (Lipinski definition) is 9. The molecule has 0 aliphatic carbocycles. The van der Waals surface area contributed by atoms with Crippen molar-refractivity contribution in [2.24, 2.45) is 0 Å². The van der Waals surface area contributed by atoms with Gasteiger partial charge in [-0.2, -0.15) is 0 Å². The Balaban J connectivity index is 1.60. The molecule has 0 spiro atoms. The average Bonchev–Trinajstić information content (AvgIpc) is 3.36. The van der Waals surface area contributed by atoms with Crippen molar-refractivity contribution in [3.05, 3.63) is 42.2 Å². The molecule has 1 N–H and O–H groups in total. The fourth-order valence-electron chi connectivity index (χ4n) is 2.22. The topological polar surface area (TPSA) is 99.0 Å². The number of esters is 1. The minimum atomic E-state index is -0.309. The number of nitrogens with zero attached hydrogens (tertiary/aromatic N) is 4. The second-order valence-electron chi connectivity index (χ2n) is 5.25. The fraction of sp³-hybridized carbons (Fsp3) is 0.235. The first-order chi connectivity index (χ1) is 13.6. The molecule has 0 aliphatic rings. The predicted octanol–water partition coefficient (Wildman–Crippen LogP) is 3.35. The lowest BCUT2D eigenvalue weighted by molar-refractivity contribution is -0.139. The summed E-state index contributed by atoms with van der Waals surface area (Å²) >= 11 is 3.98. The van der Waals surface area contributed by atoms with E-state index in [1.54, 1.807) is 37.0 Å². The minimum Gasteiger partial charge on any atom is -0.465 e. The van der Waals surface area contributed by atoms with Crippen molar-refractivity contribution in [1.82, 2.24) is 19.7 Å². The molecule has 0 bridgehead atoms. The first-order valence-electron chi connectivity index (χ1n) is 8.21. The Morgan fingerprint density at radius 2 is 2.04 bits per heavy atom. The summed E-state index contributed by atoms with van der Waals surface area (Å²) in [4.78, 5) is 28.1. The number of ether oxygens (including phenoxy) is 1. The highest BCUT2D eigenvalue weighted by Gasteiger charge is 2.13. The first kappa shape index (κ1) is 20.4. The molecule has 0 saturated carbocycles. The standard InChI is InChI=1S/C17H17N5O3S3/c1-3-25-13(23)10-27-17-21-20-15(28-17)19-14(24)11-4-6-12(7-5-11)22-9-8-18-16(22)26-2/h4-9H,3,10H2,1-2H3,(H,19,20,24). The highest BCUT2D eigenvalue weighted by Crippen LogP contribution is 2.26. The molecule has 0 unspecified atom stereocenters. The third-order valence-corrected chi connectivity index (χ3v) is 6.06. The van der Waals surface area contributed by atoms with Gasteiger partial charge < -0.3 is 4.74 Å². The van der Waals surface area contributed by atoms with Gasteiger partial charge in [-0.3, -0.25) is 19.5 Å². The Morgan fingerprint density at radius 3 is 2.75 bits per heavy atom. The summed E-state index contributed by atoms with van der Waals surface area (Å²) in [6.45, 7) is 2.10. The summed E-state index contributed by atoms with van der Waals surface area (Å²) in [5.41, 5.74) is 1.43. The molecule has 0 fully saturated rings. The minimum absolute atomic E-state index is 0.157. The van der Waals surface area contributed by atoms with E-state index < -0.39 is 0 Å². The molecule has 28 heavy (non-hydrogen) atoms. The lowest BCUT2D eigenvalue weighted by Crippen LogP contribution is -2.11. The van der Waals surface area contributed by atoms with Crippen molar-refractivity contribution in [2.75, 3.05) is 23.9 Å². The molecule has 11 heteroatoms. The van der Waals surface area contributed by atoms with Gasteiger partial charge in [-0.1, -0.05) is 34.9 Å². The lowest BCUT2D eigenvalue weighted by atomic mass is 10.2. The van der Waals surface area contributed by atoms with Crippen LogP contribution in [0, 0.1) is 0 Å².